The van der Waals surface area contributed by atoms with Crippen molar-refractivity contribution in [2.45, 2.75) is 206 Å². The van der Waals surface area contributed by atoms with Crippen LogP contribution in [0, 0.1) is 0 Å². The molecule has 0 spiro atoms. The van der Waals surface area contributed by atoms with Gasteiger partial charge in [0.05, 0.1) is 10.5 Å². The van der Waals surface area contributed by atoms with Gasteiger partial charge in [0.25, 0.3) is 95.3 Å². The van der Waals surface area contributed by atoms with E-state index < -0.39 is 135 Å². The molecule has 0 radical (unpaired) electrons. The maximum absolute atomic E-state index is 11.1. The number of thiol groups is 2. The van der Waals surface area contributed by atoms with E-state index >= 15 is 0 Å². The van der Waals surface area contributed by atoms with Crippen LogP contribution in [0.4, 0.5) is 0 Å². The van der Waals surface area contributed by atoms with Gasteiger partial charge < -0.3 is 82.5 Å². The number of hydrogen-bond donors (Lipinski definition) is 21. The van der Waals surface area contributed by atoms with Gasteiger partial charge in [0, 0.05) is 191 Å². The fraction of sp³-hybridized carbons (Fsp3) is 0.548. The third-order valence-corrected chi connectivity index (χ3v) is 6.15. The first-order chi connectivity index (χ1) is 52.9. The molecule has 0 aromatic heterocycles. The second-order valence-electron chi connectivity index (χ2n) is 16.7. The molecule has 668 valence electrons. The van der Waals surface area contributed by atoms with E-state index in [2.05, 4.69) is 62.8 Å². The van der Waals surface area contributed by atoms with E-state index in [0.717, 1.165) is 102 Å². The van der Waals surface area contributed by atoms with Crippen LogP contribution in [0.2, 0.25) is 0 Å². The molecule has 2 atom stereocenters. The zero-order chi connectivity index (χ0) is 101. The largest absolute Gasteiger partial charge is 0.481 e. The van der Waals surface area contributed by atoms with Gasteiger partial charge in [-0.2, -0.15) is 49.9 Å². The smallest absolute Gasteiger partial charge is 0.373 e. The summed E-state index contributed by atoms with van der Waals surface area (Å²) in [7, 11) is 11.0. The molecule has 2 fully saturated rings. The molecular formula is C62H124N10O39S2. The van der Waals surface area contributed by atoms with E-state index in [0.29, 0.717) is 15.0 Å². The fourth-order valence-corrected chi connectivity index (χ4v) is 3.24. The summed E-state index contributed by atoms with van der Waals surface area (Å²) in [5.41, 5.74) is 6.31. The maximum atomic E-state index is 11.1. The minimum absolute atomic E-state index is 0. The molecule has 2 unspecified atom stereocenters. The van der Waals surface area contributed by atoms with Crippen LogP contribution in [-0.4, -0.2) is 269 Å². The quantitative estimate of drug-likeness (QED) is 0.137. The van der Waals surface area contributed by atoms with Crippen LogP contribution in [-0.2, 0) is 129 Å². The van der Waals surface area contributed by atoms with Gasteiger partial charge in [-0.1, -0.05) is 44.4 Å². The third kappa shape index (κ3) is 331. The minimum Gasteiger partial charge on any atom is -0.481 e. The number of nitrogens with one attached hydrogen (secondary N) is 7. The first kappa shape index (κ1) is 146. The highest BCUT2D eigenvalue weighted by Gasteiger charge is 2.38. The van der Waals surface area contributed by atoms with Crippen molar-refractivity contribution < 1.29 is 198 Å². The van der Waals surface area contributed by atoms with Gasteiger partial charge in [-0.05, 0) is 6.92 Å². The Morgan fingerprint density at radius 1 is 0.336 bits per heavy atom. The molecule has 0 aromatic carbocycles. The lowest BCUT2D eigenvalue weighted by molar-refractivity contribution is -0.192. The Morgan fingerprint density at radius 3 is 0.531 bits per heavy atom. The zero-order valence-electron chi connectivity index (χ0n) is 72.6. The van der Waals surface area contributed by atoms with E-state index in [9.17, 15) is 62.3 Å². The van der Waals surface area contributed by atoms with Gasteiger partial charge in [-0.15, -0.1) is 0 Å². The molecule has 51 heteroatoms. The second-order valence-corrected chi connectivity index (χ2v) is 18.0. The lowest BCUT2D eigenvalue weighted by Crippen LogP contribution is -2.45. The number of carbonyl (C=O) groups is 25. The van der Waals surface area contributed by atoms with Gasteiger partial charge in [-0.3, -0.25) is 136 Å². The molecule has 49 nitrogen and oxygen atoms in total. The predicted molar refractivity (Wildman–Crippen MR) is 410 cm³/mol. The number of hydrogen-bond acceptors (Lipinski definition) is 29. The van der Waals surface area contributed by atoms with Gasteiger partial charge in [0.1, 0.15) is 0 Å². The monoisotopic (exact) mass is 1700 g/mol. The van der Waals surface area contributed by atoms with E-state index in [4.69, 9.17) is 135 Å². The molecule has 13 amide bonds. The zero-order valence-corrected chi connectivity index (χ0v) is 69.3. The van der Waals surface area contributed by atoms with Crippen molar-refractivity contribution in [3.63, 3.8) is 0 Å². The maximum Gasteiger partial charge on any atom is 0.373 e. The van der Waals surface area contributed by atoms with Crippen LogP contribution in [0.3, 0.4) is 0 Å². The number of amides is 13. The topological polar surface area (TPSA) is 798 Å². The Hall–Kier alpha value is -12.8. The van der Waals surface area contributed by atoms with Crippen molar-refractivity contribution in [3.8, 4) is 0 Å². The summed E-state index contributed by atoms with van der Waals surface area (Å²) in [4.78, 5) is 260. The summed E-state index contributed by atoms with van der Waals surface area (Å²) < 4.78 is 28.8. The lowest BCUT2D eigenvalue weighted by atomic mass is 10.4. The number of aliphatic carboxylic acids is 12. The molecule has 113 heavy (non-hydrogen) atoms. The van der Waals surface area contributed by atoms with E-state index in [1.165, 1.54) is 85.5 Å². The molecule has 3 rings (SSSR count). The van der Waals surface area contributed by atoms with Gasteiger partial charge >= 0.3 is 6.15 Å². The minimum atomic E-state index is -0.833. The number of carboxylic acid groups (broad SMARTS) is 12. The first-order valence-corrected chi connectivity index (χ1v) is 28.6. The van der Waals surface area contributed by atoms with Crippen molar-refractivity contribution in [3.05, 3.63) is 12.2 Å². The number of rotatable bonds is 4. The van der Waals surface area contributed by atoms with Gasteiger partial charge in [-0.25, -0.2) is 0 Å². The van der Waals surface area contributed by atoms with Gasteiger partial charge in [0.15, 0.2) is 0 Å². The van der Waals surface area contributed by atoms with E-state index in [1.807, 2.05) is 6.92 Å². The van der Waals surface area contributed by atoms with Crippen LogP contribution < -0.4 is 37.5 Å². The summed E-state index contributed by atoms with van der Waals surface area (Å²) in [6.07, 6.45) is 2.53. The summed E-state index contributed by atoms with van der Waals surface area (Å²) in [5.74, 6) is -14.1. The average Bonchev–Trinajstić information content (AvgIpc) is 1.72. The number of carboxylic acids is 12. The Kier molecular flexibility index (Phi) is 152. The Labute approximate surface area is 674 Å². The molecule has 3 aliphatic rings. The second kappa shape index (κ2) is 118. The molecular weight excluding hydrogens is 1570 g/mol. The Bertz CT molecular complexity index is 2470. The number of carbonyl (C=O) groups excluding carboxylic acids is 15. The number of hydrazine groups is 3. The fourth-order valence-electron chi connectivity index (χ4n) is 2.70. The summed E-state index contributed by atoms with van der Waals surface area (Å²) in [6, 6.07) is 0. The number of nitrogens with zero attached hydrogens (tertiary/aromatic N) is 3. The highest BCUT2D eigenvalue weighted by molar-refractivity contribution is 7.82. The van der Waals surface area contributed by atoms with Crippen molar-refractivity contribution in [2.24, 2.45) is 0 Å². The van der Waals surface area contributed by atoms with Crippen LogP contribution in [0.1, 0.15) is 203 Å². The number of imide groups is 3. The van der Waals surface area contributed by atoms with Crippen molar-refractivity contribution >= 4 is 180 Å². The third-order valence-electron chi connectivity index (χ3n) is 5.34. The van der Waals surface area contributed by atoms with Crippen LogP contribution in [0.5, 0.6) is 0 Å². The molecule has 0 saturated carbocycles. The summed E-state index contributed by atoms with van der Waals surface area (Å²) in [6.45, 7) is 25.2. The SMILES string of the molecule is C.CC(=O)NN1C(=O)C=CC1=O.CC(=O)NN1C(=O)CC(S)C1=O.CC(=O)NN1C(=O)CC(S)C1=O.CC(=O)O.CC(=O)O.CC(=O)O.CC(=O)O.CC(=O)O.CC(=O)O.CC(=O)O.CC(=O)O.CC(=O)O.CC(=O)O.CC(=O)O.CC(=O)O.CCNC(C)=O.CNC(C)=O.CNC(C)=O.CNC(C)=O.O=C=O.[2H]C.[2H]C.[2H]C.[2H]C.[2H]C. The van der Waals surface area contributed by atoms with Crippen molar-refractivity contribution in [1.29, 1.82) is 0 Å². The molecule has 0 aromatic rings. The molecule has 3 aliphatic heterocycles. The van der Waals surface area contributed by atoms with E-state index in [-0.39, 0.29) is 50.0 Å². The Morgan fingerprint density at radius 2 is 0.460 bits per heavy atom. The highest BCUT2D eigenvalue weighted by atomic mass is 32.1. The molecule has 19 N–H and O–H groups in total. The normalized spacial score (nSPS) is 10.8. The van der Waals surface area contributed by atoms with Crippen molar-refractivity contribution in [1.82, 2.24) is 52.6 Å². The summed E-state index contributed by atoms with van der Waals surface area (Å²) >= 11 is 7.73. The van der Waals surface area contributed by atoms with Crippen molar-refractivity contribution in [2.75, 3.05) is 27.7 Å². The van der Waals surface area contributed by atoms with Gasteiger partial charge in [0.2, 0.25) is 53.2 Å². The molecule has 2 saturated heterocycles. The Balaban J connectivity index is -0.0000000387. The lowest BCUT2D eigenvalue weighted by Gasteiger charge is -2.12. The van der Waals surface area contributed by atoms with Crippen LogP contribution >= 0.6 is 25.3 Å². The standard InChI is InChI=1S/2C6H8N2O3S.C6H6N2O3.C4H9NO.3C3H7NO.12C2H4O2.CO2.6CH4/c2*1-3(9)7-8-5(10)2-4(12)6(8)11;1-4(9)7-8-5(10)2-3-6(8)11;1-3-5-4(2)6;3*1-3(5)4-2;12*1-2(3)4;2-1-3;;;;;;/h2*4,12H,2H2,1H3,(H,7,9);2-3H,1H3,(H,7,9);3H2,1-2H3,(H,5,6);3*1-2H3,(H,4,5);12*1H3,(H,3,4);;6*1H4/i;;;;;;;;;;;;;;;;;;;;5*1D;. The predicted octanol–water partition coefficient (Wildman–Crippen LogP) is 0.875. The average molecular weight is 1700 g/mol. The molecule has 3 heterocycles. The first-order valence-electron chi connectivity index (χ1n) is 32.5. The van der Waals surface area contributed by atoms with Crippen LogP contribution in [0.15, 0.2) is 12.2 Å². The summed E-state index contributed by atoms with van der Waals surface area (Å²) in [5, 5.41) is 99.6. The molecule has 0 aliphatic carbocycles. The highest BCUT2D eigenvalue weighted by Crippen LogP contribution is 2.16. The van der Waals surface area contributed by atoms with Crippen LogP contribution in [0.25, 0.3) is 0 Å². The van der Waals surface area contributed by atoms with E-state index in [1.54, 1.807) is 21.1 Å². The molecule has 0 bridgehead atoms.